The van der Waals surface area contributed by atoms with Crippen LogP contribution in [-0.4, -0.2) is 67.0 Å². The monoisotopic (exact) mass is 296 g/mol. The lowest BCUT2D eigenvalue weighted by molar-refractivity contribution is -0.133. The third kappa shape index (κ3) is 3.61. The van der Waals surface area contributed by atoms with Crippen molar-refractivity contribution >= 4 is 23.3 Å². The molecule has 0 saturated carbocycles. The van der Waals surface area contributed by atoms with Crippen LogP contribution in [-0.2, 0) is 4.79 Å². The van der Waals surface area contributed by atoms with Crippen LogP contribution in [0.3, 0.4) is 0 Å². The van der Waals surface area contributed by atoms with Gasteiger partial charge in [-0.2, -0.15) is 0 Å². The number of carbonyl (C=O) groups is 1. The molecule has 1 fully saturated rings. The van der Waals surface area contributed by atoms with Gasteiger partial charge in [0.05, 0.1) is 11.6 Å². The Balaban J connectivity index is 1.95. The second-order valence-electron chi connectivity index (χ2n) is 5.39. The molecule has 6 heteroatoms. The lowest BCUT2D eigenvalue weighted by Gasteiger charge is -2.39. The summed E-state index contributed by atoms with van der Waals surface area (Å²) >= 11 is 5.82. The largest absolute Gasteiger partial charge is 0.350 e. The smallest absolute Gasteiger partial charge is 0.242 e. The van der Waals surface area contributed by atoms with Gasteiger partial charge in [-0.05, 0) is 26.1 Å². The molecule has 0 spiro atoms. The highest BCUT2D eigenvalue weighted by atomic mass is 35.5. The van der Waals surface area contributed by atoms with Crippen molar-refractivity contribution in [2.75, 3.05) is 45.2 Å². The topological polar surface area (TPSA) is 39.7 Å². The van der Waals surface area contributed by atoms with E-state index in [0.29, 0.717) is 11.6 Å². The molecule has 1 aromatic rings. The minimum Gasteiger partial charge on any atom is -0.350 e. The number of hydrogen-bond acceptors (Lipinski definition) is 4. The molecular weight excluding hydrogens is 276 g/mol. The van der Waals surface area contributed by atoms with E-state index in [1.807, 2.05) is 22.9 Å². The normalized spacial score (nSPS) is 20.0. The summed E-state index contributed by atoms with van der Waals surface area (Å²) in [5.74, 6) is 0.898. The Labute approximate surface area is 125 Å². The highest BCUT2D eigenvalue weighted by Crippen LogP contribution is 2.14. The van der Waals surface area contributed by atoms with Gasteiger partial charge in [-0.15, -0.1) is 0 Å². The van der Waals surface area contributed by atoms with Gasteiger partial charge in [0, 0.05) is 38.9 Å². The maximum Gasteiger partial charge on any atom is 0.242 e. The average molecular weight is 297 g/mol. The lowest BCUT2D eigenvalue weighted by Crippen LogP contribution is -2.54. The molecule has 0 N–H and O–H groups in total. The Bertz CT molecular complexity index is 465. The minimum absolute atomic E-state index is 0.143. The zero-order valence-corrected chi connectivity index (χ0v) is 13.0. The zero-order valence-electron chi connectivity index (χ0n) is 12.2. The summed E-state index contributed by atoms with van der Waals surface area (Å²) in [4.78, 5) is 22.7. The number of rotatable bonds is 3. The van der Waals surface area contributed by atoms with Crippen LogP contribution in [0, 0.1) is 0 Å². The first-order chi connectivity index (χ1) is 9.47. The molecule has 0 radical (unpaired) electrons. The Morgan fingerprint density at radius 1 is 1.50 bits per heavy atom. The standard InChI is InChI=1S/C14H21ClN4O/c1-11-9-17(2)6-7-19(11)14(20)10-18(3)13-5-4-12(15)8-16-13/h4-5,8,11H,6-7,9-10H2,1-3H3/t11-/m1/s1. The van der Waals surface area contributed by atoms with Gasteiger partial charge in [-0.3, -0.25) is 4.79 Å². The number of likely N-dealkylation sites (N-methyl/N-ethyl adjacent to an activating group) is 2. The van der Waals surface area contributed by atoms with E-state index in [1.54, 1.807) is 12.3 Å². The Morgan fingerprint density at radius 3 is 2.85 bits per heavy atom. The van der Waals surface area contributed by atoms with Crippen LogP contribution in [0.5, 0.6) is 0 Å². The number of carbonyl (C=O) groups excluding carboxylic acids is 1. The van der Waals surface area contributed by atoms with Gasteiger partial charge in [0.1, 0.15) is 5.82 Å². The number of nitrogens with zero attached hydrogens (tertiary/aromatic N) is 4. The van der Waals surface area contributed by atoms with E-state index in [2.05, 4.69) is 23.9 Å². The van der Waals surface area contributed by atoms with Crippen molar-refractivity contribution in [3.63, 3.8) is 0 Å². The van der Waals surface area contributed by atoms with Crippen LogP contribution in [0.2, 0.25) is 5.02 Å². The Morgan fingerprint density at radius 2 is 2.25 bits per heavy atom. The molecule has 110 valence electrons. The first kappa shape index (κ1) is 15.1. The van der Waals surface area contributed by atoms with Gasteiger partial charge in [-0.25, -0.2) is 4.98 Å². The summed E-state index contributed by atoms with van der Waals surface area (Å²) in [7, 11) is 3.96. The van der Waals surface area contributed by atoms with Crippen molar-refractivity contribution in [2.24, 2.45) is 0 Å². The summed E-state index contributed by atoms with van der Waals surface area (Å²) < 4.78 is 0. The molecular formula is C14H21ClN4O. The molecule has 1 aromatic heterocycles. The summed E-state index contributed by atoms with van der Waals surface area (Å²) in [6.45, 7) is 5.07. The van der Waals surface area contributed by atoms with E-state index >= 15 is 0 Å². The molecule has 1 amide bonds. The summed E-state index contributed by atoms with van der Waals surface area (Å²) in [5.41, 5.74) is 0. The summed E-state index contributed by atoms with van der Waals surface area (Å²) in [6.07, 6.45) is 1.59. The molecule has 0 aliphatic carbocycles. The fraction of sp³-hybridized carbons (Fsp3) is 0.571. The fourth-order valence-electron chi connectivity index (χ4n) is 2.48. The first-order valence-electron chi connectivity index (χ1n) is 6.78. The van der Waals surface area contributed by atoms with Crippen LogP contribution in [0.15, 0.2) is 18.3 Å². The minimum atomic E-state index is 0.143. The van der Waals surface area contributed by atoms with Gasteiger partial charge in [0.15, 0.2) is 0 Å². The van der Waals surface area contributed by atoms with Crippen LogP contribution < -0.4 is 4.90 Å². The van der Waals surface area contributed by atoms with E-state index in [-0.39, 0.29) is 11.9 Å². The van der Waals surface area contributed by atoms with Gasteiger partial charge < -0.3 is 14.7 Å². The van der Waals surface area contributed by atoms with E-state index in [1.165, 1.54) is 0 Å². The molecule has 1 saturated heterocycles. The van der Waals surface area contributed by atoms with E-state index in [9.17, 15) is 4.79 Å². The number of amides is 1. The zero-order chi connectivity index (χ0) is 14.7. The lowest BCUT2D eigenvalue weighted by atomic mass is 10.2. The molecule has 1 aliphatic heterocycles. The molecule has 2 rings (SSSR count). The molecule has 1 atom stereocenters. The highest BCUT2D eigenvalue weighted by Gasteiger charge is 2.26. The Hall–Kier alpha value is -1.33. The molecule has 0 bridgehead atoms. The second-order valence-corrected chi connectivity index (χ2v) is 5.83. The van der Waals surface area contributed by atoms with Crippen LogP contribution in [0.4, 0.5) is 5.82 Å². The SMILES string of the molecule is C[C@@H]1CN(C)CCN1C(=O)CN(C)c1ccc(Cl)cn1. The number of aromatic nitrogens is 1. The average Bonchev–Trinajstić information content (AvgIpc) is 2.39. The predicted octanol–water partition coefficient (Wildman–Crippen LogP) is 1.33. The summed E-state index contributed by atoms with van der Waals surface area (Å²) in [6, 6.07) is 3.86. The van der Waals surface area contributed by atoms with Crippen LogP contribution in [0.25, 0.3) is 0 Å². The van der Waals surface area contributed by atoms with Crippen molar-refractivity contribution < 1.29 is 4.79 Å². The maximum absolute atomic E-state index is 12.4. The van der Waals surface area contributed by atoms with Gasteiger partial charge in [-0.1, -0.05) is 11.6 Å². The van der Waals surface area contributed by atoms with Gasteiger partial charge in [0.2, 0.25) is 5.91 Å². The molecule has 2 heterocycles. The van der Waals surface area contributed by atoms with Gasteiger partial charge >= 0.3 is 0 Å². The van der Waals surface area contributed by atoms with Gasteiger partial charge in [0.25, 0.3) is 0 Å². The van der Waals surface area contributed by atoms with Crippen molar-refractivity contribution in [2.45, 2.75) is 13.0 Å². The highest BCUT2D eigenvalue weighted by molar-refractivity contribution is 6.30. The van der Waals surface area contributed by atoms with Crippen LogP contribution in [0.1, 0.15) is 6.92 Å². The molecule has 1 aliphatic rings. The number of piperazine rings is 1. The second kappa shape index (κ2) is 6.41. The molecule has 0 unspecified atom stereocenters. The van der Waals surface area contributed by atoms with E-state index < -0.39 is 0 Å². The first-order valence-corrected chi connectivity index (χ1v) is 7.16. The molecule has 0 aromatic carbocycles. The van der Waals surface area contributed by atoms with Crippen molar-refractivity contribution in [3.8, 4) is 0 Å². The number of halogens is 1. The predicted molar refractivity (Wildman–Crippen MR) is 81.2 cm³/mol. The van der Waals surface area contributed by atoms with Crippen molar-refractivity contribution in [3.05, 3.63) is 23.4 Å². The summed E-state index contributed by atoms with van der Waals surface area (Å²) in [5, 5.41) is 0.598. The van der Waals surface area contributed by atoms with Crippen molar-refractivity contribution in [1.82, 2.24) is 14.8 Å². The van der Waals surface area contributed by atoms with Crippen LogP contribution >= 0.6 is 11.6 Å². The fourth-order valence-corrected chi connectivity index (χ4v) is 2.59. The molecule has 20 heavy (non-hydrogen) atoms. The maximum atomic E-state index is 12.4. The molecule has 5 nitrogen and oxygen atoms in total. The van der Waals surface area contributed by atoms with E-state index in [0.717, 1.165) is 25.5 Å². The Kier molecular flexibility index (Phi) is 4.83. The third-order valence-electron chi connectivity index (χ3n) is 3.63. The number of anilines is 1. The quantitative estimate of drug-likeness (QED) is 0.844. The third-order valence-corrected chi connectivity index (χ3v) is 3.85. The van der Waals surface area contributed by atoms with E-state index in [4.69, 9.17) is 11.6 Å². The number of hydrogen-bond donors (Lipinski definition) is 0. The van der Waals surface area contributed by atoms with Crippen molar-refractivity contribution in [1.29, 1.82) is 0 Å². The number of pyridine rings is 1.